The molecule has 1 fully saturated rings. The highest BCUT2D eigenvalue weighted by Crippen LogP contribution is 2.31. The van der Waals surface area contributed by atoms with Gasteiger partial charge in [-0.2, -0.15) is 0 Å². The summed E-state index contributed by atoms with van der Waals surface area (Å²) in [6.07, 6.45) is 1.79. The molecule has 0 spiro atoms. The van der Waals surface area contributed by atoms with Crippen molar-refractivity contribution in [2.45, 2.75) is 6.92 Å². The van der Waals surface area contributed by atoms with Gasteiger partial charge in [0.2, 0.25) is 0 Å². The molecule has 3 rings (SSSR count). The summed E-state index contributed by atoms with van der Waals surface area (Å²) in [5.41, 5.74) is 8.66. The number of benzene rings is 2. The molecule has 0 atom stereocenters. The Morgan fingerprint density at radius 2 is 1.97 bits per heavy atom. The van der Waals surface area contributed by atoms with Crippen molar-refractivity contribution in [3.05, 3.63) is 80.7 Å². The molecule has 30 heavy (non-hydrogen) atoms. The third-order valence-electron chi connectivity index (χ3n) is 4.27. The normalized spacial score (nSPS) is 18.5. The van der Waals surface area contributed by atoms with E-state index < -0.39 is 5.97 Å². The first kappa shape index (κ1) is 22.0. The fourth-order valence-corrected chi connectivity index (χ4v) is 3.28. The van der Waals surface area contributed by atoms with Crippen molar-refractivity contribution in [3.8, 4) is 0 Å². The molecule has 2 aromatic rings. The Hall–Kier alpha value is -2.67. The van der Waals surface area contributed by atoms with Gasteiger partial charge in [-0.05, 0) is 48.9 Å². The van der Waals surface area contributed by atoms with Gasteiger partial charge in [-0.15, -0.1) is 0 Å². The third kappa shape index (κ3) is 5.27. The molecule has 5 nitrogen and oxygen atoms in total. The first-order valence-electron chi connectivity index (χ1n) is 9.13. The van der Waals surface area contributed by atoms with E-state index in [2.05, 4.69) is 4.99 Å². The average molecular weight is 449 g/mol. The van der Waals surface area contributed by atoms with Crippen molar-refractivity contribution in [2.75, 3.05) is 19.8 Å². The highest BCUT2D eigenvalue weighted by molar-refractivity contribution is 6.36. The number of aliphatic imine (C=N–C) groups is 1. The molecule has 0 aromatic heterocycles. The molecule has 2 N–H and O–H groups in total. The molecule has 8 heteroatoms. The maximum Gasteiger partial charge on any atom is 0.354 e. The van der Waals surface area contributed by atoms with E-state index in [0.29, 0.717) is 32.6 Å². The fraction of sp³-hybridized carbons (Fsp3) is 0.182. The second-order valence-electron chi connectivity index (χ2n) is 6.38. The zero-order valence-electron chi connectivity index (χ0n) is 16.1. The van der Waals surface area contributed by atoms with Crippen molar-refractivity contribution in [2.24, 2.45) is 10.7 Å². The van der Waals surface area contributed by atoms with E-state index in [9.17, 15) is 9.18 Å². The predicted molar refractivity (Wildman–Crippen MR) is 117 cm³/mol. The van der Waals surface area contributed by atoms with E-state index in [1.807, 2.05) is 0 Å². The fourth-order valence-electron chi connectivity index (χ4n) is 2.83. The van der Waals surface area contributed by atoms with Gasteiger partial charge in [0.15, 0.2) is 0 Å². The number of carbonyl (C=O) groups is 1. The molecule has 0 radical (unpaired) electrons. The summed E-state index contributed by atoms with van der Waals surface area (Å²) >= 11 is 12.3. The molecule has 0 amide bonds. The summed E-state index contributed by atoms with van der Waals surface area (Å²) in [7, 11) is 0. The number of nitrogens with two attached hydrogens (primary N) is 1. The minimum absolute atomic E-state index is 0.0788. The monoisotopic (exact) mass is 448 g/mol. The van der Waals surface area contributed by atoms with Gasteiger partial charge in [0.05, 0.1) is 36.2 Å². The molecule has 2 aromatic carbocycles. The molecule has 0 aliphatic carbocycles. The number of esters is 1. The van der Waals surface area contributed by atoms with E-state index in [-0.39, 0.29) is 31.3 Å². The van der Waals surface area contributed by atoms with Crippen LogP contribution in [0.25, 0.3) is 6.08 Å². The molecule has 0 unspecified atom stereocenters. The maximum atomic E-state index is 13.3. The lowest BCUT2D eigenvalue weighted by Crippen LogP contribution is -2.29. The van der Waals surface area contributed by atoms with Gasteiger partial charge < -0.3 is 15.2 Å². The van der Waals surface area contributed by atoms with Crippen LogP contribution in [0.3, 0.4) is 0 Å². The van der Waals surface area contributed by atoms with Crippen LogP contribution in [0.4, 0.5) is 10.1 Å². The summed E-state index contributed by atoms with van der Waals surface area (Å²) in [6.45, 7) is 2.17. The van der Waals surface area contributed by atoms with Gasteiger partial charge in [-0.25, -0.2) is 14.2 Å². The van der Waals surface area contributed by atoms with E-state index in [1.165, 1.54) is 12.1 Å². The minimum Gasteiger partial charge on any atom is -0.461 e. The Bertz CT molecular complexity index is 1050. The van der Waals surface area contributed by atoms with Crippen LogP contribution in [0, 0.1) is 5.82 Å². The molecule has 0 saturated carbocycles. The zero-order valence-corrected chi connectivity index (χ0v) is 17.6. The van der Waals surface area contributed by atoms with Crippen molar-refractivity contribution in [1.29, 1.82) is 0 Å². The Morgan fingerprint density at radius 3 is 2.63 bits per heavy atom. The van der Waals surface area contributed by atoms with Crippen LogP contribution >= 0.6 is 23.2 Å². The van der Waals surface area contributed by atoms with Gasteiger partial charge in [-0.1, -0.05) is 35.3 Å². The first-order valence-corrected chi connectivity index (χ1v) is 9.88. The van der Waals surface area contributed by atoms with Crippen molar-refractivity contribution >= 4 is 46.6 Å². The number of halogens is 3. The molecule has 1 aliphatic rings. The Balaban J connectivity index is 2.15. The highest BCUT2D eigenvalue weighted by Gasteiger charge is 2.25. The predicted octanol–water partition coefficient (Wildman–Crippen LogP) is 5.09. The third-order valence-corrected chi connectivity index (χ3v) is 4.81. The molecule has 0 bridgehead atoms. The van der Waals surface area contributed by atoms with Gasteiger partial charge in [0.25, 0.3) is 0 Å². The summed E-state index contributed by atoms with van der Waals surface area (Å²) < 4.78 is 23.9. The first-order chi connectivity index (χ1) is 14.4. The van der Waals surface area contributed by atoms with Gasteiger partial charge in [0, 0.05) is 16.2 Å². The van der Waals surface area contributed by atoms with Crippen LogP contribution < -0.4 is 5.73 Å². The van der Waals surface area contributed by atoms with Crippen molar-refractivity contribution < 1.29 is 18.7 Å². The molecular weight excluding hydrogens is 430 g/mol. The van der Waals surface area contributed by atoms with E-state index in [0.717, 1.165) is 5.56 Å². The van der Waals surface area contributed by atoms with Crippen LogP contribution in [-0.4, -0.2) is 31.5 Å². The second-order valence-corrected chi connectivity index (χ2v) is 7.23. The van der Waals surface area contributed by atoms with Crippen LogP contribution in [0.5, 0.6) is 0 Å². The smallest absolute Gasteiger partial charge is 0.354 e. The Morgan fingerprint density at radius 1 is 1.23 bits per heavy atom. The minimum atomic E-state index is -0.658. The summed E-state index contributed by atoms with van der Waals surface area (Å²) in [5.74, 6) is -1.000. The zero-order chi connectivity index (χ0) is 21.7. The van der Waals surface area contributed by atoms with Gasteiger partial charge >= 0.3 is 5.97 Å². The maximum absolute atomic E-state index is 13.3. The van der Waals surface area contributed by atoms with Gasteiger partial charge in [-0.3, -0.25) is 0 Å². The van der Waals surface area contributed by atoms with Crippen LogP contribution in [0.1, 0.15) is 12.5 Å². The number of ether oxygens (including phenoxy) is 2. The van der Waals surface area contributed by atoms with Crippen LogP contribution in [-0.2, 0) is 14.3 Å². The Labute approximate surface area is 183 Å². The lowest BCUT2D eigenvalue weighted by atomic mass is 9.96. The number of hydrogen-bond donors (Lipinski definition) is 1. The molecule has 1 saturated heterocycles. The summed E-state index contributed by atoms with van der Waals surface area (Å²) in [4.78, 5) is 16.9. The number of rotatable bonds is 4. The average Bonchev–Trinajstić information content (AvgIpc) is 2.72. The topological polar surface area (TPSA) is 73.9 Å². The molecule has 1 aliphatic heterocycles. The van der Waals surface area contributed by atoms with E-state index >= 15 is 0 Å². The quantitative estimate of drug-likeness (QED) is 0.521. The highest BCUT2D eigenvalue weighted by atomic mass is 35.5. The van der Waals surface area contributed by atoms with Crippen molar-refractivity contribution in [1.82, 2.24) is 0 Å². The summed E-state index contributed by atoms with van der Waals surface area (Å²) in [6, 6.07) is 10.9. The Kier molecular flexibility index (Phi) is 7.26. The van der Waals surface area contributed by atoms with Crippen LogP contribution in [0.15, 0.2) is 64.3 Å². The molecule has 1 heterocycles. The largest absolute Gasteiger partial charge is 0.461 e. The number of nitrogens with zero attached hydrogens (tertiary/aromatic N) is 1. The number of hydrogen-bond acceptors (Lipinski definition) is 5. The van der Waals surface area contributed by atoms with E-state index in [4.69, 9.17) is 38.4 Å². The van der Waals surface area contributed by atoms with E-state index in [1.54, 1.807) is 43.3 Å². The van der Waals surface area contributed by atoms with Crippen LogP contribution in [0.2, 0.25) is 10.0 Å². The standard InChI is InChI=1S/C22H19Cl2FN2O3/c1-2-30-22(28)20(26)17-12-29-11-14(9-13-3-6-16(25)7-4-13)21(17)27-19-8-5-15(23)10-18(19)24/h3-10H,2,11-12,26H2,1H3/b14-9+,20-17?,27-21?. The SMILES string of the molecule is CCOC(=O)C(N)=C1COC/C(=C\c2ccc(F)cc2)C1=Nc1ccc(Cl)cc1Cl. The molecule has 156 valence electrons. The molecular formula is C22H19Cl2FN2O3. The van der Waals surface area contributed by atoms with Gasteiger partial charge in [0.1, 0.15) is 11.5 Å². The lowest BCUT2D eigenvalue weighted by Gasteiger charge is -2.23. The number of carbonyl (C=O) groups excluding carboxylic acids is 1. The van der Waals surface area contributed by atoms with Crippen molar-refractivity contribution in [3.63, 3.8) is 0 Å². The second kappa shape index (κ2) is 9.89. The summed E-state index contributed by atoms with van der Waals surface area (Å²) in [5, 5.41) is 0.816. The lowest BCUT2D eigenvalue weighted by molar-refractivity contribution is -0.138.